The highest BCUT2D eigenvalue weighted by Gasteiger charge is 2.37. The Labute approximate surface area is 171 Å². The molecule has 29 heavy (non-hydrogen) atoms. The molecule has 2 atom stereocenters. The third-order valence-electron chi connectivity index (χ3n) is 5.19. The van der Waals surface area contributed by atoms with Gasteiger partial charge in [0.25, 0.3) is 5.91 Å². The van der Waals surface area contributed by atoms with Crippen molar-refractivity contribution in [2.45, 2.75) is 26.7 Å². The Morgan fingerprint density at radius 1 is 1.03 bits per heavy atom. The predicted octanol–water partition coefficient (Wildman–Crippen LogP) is 4.53. The molecule has 1 aromatic carbocycles. The molecule has 0 spiro atoms. The van der Waals surface area contributed by atoms with E-state index in [1.54, 1.807) is 11.4 Å². The van der Waals surface area contributed by atoms with Gasteiger partial charge < -0.3 is 15.7 Å². The van der Waals surface area contributed by atoms with E-state index >= 15 is 0 Å². The average molecular weight is 416 g/mol. The minimum atomic E-state index is -1.01. The Hall–Kier alpha value is -3.00. The Bertz CT molecular complexity index is 998. The van der Waals surface area contributed by atoms with E-state index in [4.69, 9.17) is 0 Å². The SMILES string of the molecule is CC1=C(C)C[C@H](C(=O)Nc2sccc2C(=O)Nc2ccccc2F)[C@@H](C(=O)O)C1. The number of rotatable bonds is 5. The van der Waals surface area contributed by atoms with Gasteiger partial charge in [0, 0.05) is 0 Å². The summed E-state index contributed by atoms with van der Waals surface area (Å²) in [5.74, 6) is -4.11. The molecular weight excluding hydrogens is 395 g/mol. The molecule has 2 amide bonds. The molecule has 1 aliphatic carbocycles. The van der Waals surface area contributed by atoms with Gasteiger partial charge in [-0.25, -0.2) is 4.39 Å². The predicted molar refractivity (Wildman–Crippen MR) is 110 cm³/mol. The van der Waals surface area contributed by atoms with Crippen LogP contribution < -0.4 is 10.6 Å². The van der Waals surface area contributed by atoms with Crippen molar-refractivity contribution in [3.8, 4) is 0 Å². The maximum absolute atomic E-state index is 13.8. The van der Waals surface area contributed by atoms with Crippen LogP contribution in [0.3, 0.4) is 0 Å². The minimum absolute atomic E-state index is 0.0374. The Morgan fingerprint density at radius 2 is 1.69 bits per heavy atom. The molecule has 2 aromatic rings. The minimum Gasteiger partial charge on any atom is -0.481 e. The average Bonchev–Trinajstić information content (AvgIpc) is 3.13. The molecule has 0 aliphatic heterocycles. The number of hydrogen-bond donors (Lipinski definition) is 3. The molecule has 1 aliphatic rings. The van der Waals surface area contributed by atoms with Crippen LogP contribution in [0.1, 0.15) is 37.0 Å². The third-order valence-corrected chi connectivity index (χ3v) is 6.02. The second-order valence-corrected chi connectivity index (χ2v) is 8.02. The Morgan fingerprint density at radius 3 is 2.34 bits per heavy atom. The van der Waals surface area contributed by atoms with Gasteiger partial charge in [0.15, 0.2) is 0 Å². The quantitative estimate of drug-likeness (QED) is 0.624. The fourth-order valence-corrected chi connectivity index (χ4v) is 4.16. The first-order valence-electron chi connectivity index (χ1n) is 9.10. The normalized spacial score (nSPS) is 19.0. The van der Waals surface area contributed by atoms with Crippen molar-refractivity contribution < 1.29 is 23.9 Å². The maximum atomic E-state index is 13.8. The van der Waals surface area contributed by atoms with Crippen molar-refractivity contribution in [3.05, 3.63) is 58.2 Å². The Balaban J connectivity index is 1.77. The fourth-order valence-electron chi connectivity index (χ4n) is 3.37. The lowest BCUT2D eigenvalue weighted by Crippen LogP contribution is -2.36. The summed E-state index contributed by atoms with van der Waals surface area (Å²) in [6.45, 7) is 3.77. The number of anilines is 2. The van der Waals surface area contributed by atoms with Crippen molar-refractivity contribution in [1.29, 1.82) is 0 Å². The molecule has 3 rings (SSSR count). The summed E-state index contributed by atoms with van der Waals surface area (Å²) < 4.78 is 13.8. The number of allylic oxidation sites excluding steroid dienone is 2. The molecule has 0 radical (unpaired) electrons. The summed E-state index contributed by atoms with van der Waals surface area (Å²) in [6, 6.07) is 7.32. The highest BCUT2D eigenvalue weighted by Crippen LogP contribution is 2.36. The van der Waals surface area contributed by atoms with E-state index in [-0.39, 0.29) is 11.3 Å². The first-order valence-corrected chi connectivity index (χ1v) is 9.98. The van der Waals surface area contributed by atoms with Crippen molar-refractivity contribution in [2.24, 2.45) is 11.8 Å². The maximum Gasteiger partial charge on any atom is 0.307 e. The number of thiophene rings is 1. The number of carbonyl (C=O) groups excluding carboxylic acids is 2. The Kier molecular flexibility index (Phi) is 6.12. The number of benzene rings is 1. The van der Waals surface area contributed by atoms with Crippen LogP contribution in [0, 0.1) is 17.7 Å². The number of amides is 2. The molecule has 1 aromatic heterocycles. The van der Waals surface area contributed by atoms with Gasteiger partial charge in [-0.05, 0) is 50.3 Å². The standard InChI is InChI=1S/C21H21FN2O4S/c1-11-9-14(15(21(27)28)10-12(11)2)19(26)24-20-13(7-8-29-20)18(25)23-17-6-4-3-5-16(17)22/h3-8,14-15H,9-10H2,1-2H3,(H,23,25)(H,24,26)(H,27,28)/t14-,15-/m0/s1. The van der Waals surface area contributed by atoms with Gasteiger partial charge in [-0.2, -0.15) is 0 Å². The van der Waals surface area contributed by atoms with Gasteiger partial charge in [-0.3, -0.25) is 14.4 Å². The summed E-state index contributed by atoms with van der Waals surface area (Å²) >= 11 is 1.15. The van der Waals surface area contributed by atoms with E-state index in [2.05, 4.69) is 10.6 Å². The summed E-state index contributed by atoms with van der Waals surface area (Å²) in [5.41, 5.74) is 2.22. The third kappa shape index (κ3) is 4.54. The van der Waals surface area contributed by atoms with E-state index in [9.17, 15) is 23.9 Å². The van der Waals surface area contributed by atoms with E-state index in [1.807, 2.05) is 13.8 Å². The lowest BCUT2D eigenvalue weighted by Gasteiger charge is -2.29. The smallest absolute Gasteiger partial charge is 0.307 e. The lowest BCUT2D eigenvalue weighted by atomic mass is 9.76. The lowest BCUT2D eigenvalue weighted by molar-refractivity contribution is -0.146. The molecule has 3 N–H and O–H groups in total. The van der Waals surface area contributed by atoms with Crippen molar-refractivity contribution in [1.82, 2.24) is 0 Å². The zero-order valence-electron chi connectivity index (χ0n) is 16.0. The highest BCUT2D eigenvalue weighted by molar-refractivity contribution is 7.14. The highest BCUT2D eigenvalue weighted by atomic mass is 32.1. The topological polar surface area (TPSA) is 95.5 Å². The van der Waals surface area contributed by atoms with Crippen LogP contribution in [0.4, 0.5) is 15.1 Å². The second kappa shape index (κ2) is 8.57. The van der Waals surface area contributed by atoms with Crippen molar-refractivity contribution >= 4 is 39.8 Å². The van der Waals surface area contributed by atoms with Crippen LogP contribution in [0.25, 0.3) is 0 Å². The molecular formula is C21H21FN2O4S. The molecule has 0 fully saturated rings. The van der Waals surface area contributed by atoms with Crippen LogP contribution in [0.15, 0.2) is 46.9 Å². The summed E-state index contributed by atoms with van der Waals surface area (Å²) in [6.07, 6.45) is 0.682. The molecule has 1 heterocycles. The van der Waals surface area contributed by atoms with Gasteiger partial charge in [0.2, 0.25) is 5.91 Å². The molecule has 0 saturated carbocycles. The van der Waals surface area contributed by atoms with E-state index in [1.165, 1.54) is 24.3 Å². The summed E-state index contributed by atoms with van der Waals surface area (Å²) in [5, 5.41) is 16.6. The van der Waals surface area contributed by atoms with Gasteiger partial charge in [-0.1, -0.05) is 23.3 Å². The van der Waals surface area contributed by atoms with Crippen molar-refractivity contribution in [2.75, 3.05) is 10.6 Å². The van der Waals surface area contributed by atoms with Crippen LogP contribution in [0.2, 0.25) is 0 Å². The van der Waals surface area contributed by atoms with Gasteiger partial charge >= 0.3 is 5.97 Å². The number of para-hydroxylation sites is 1. The summed E-state index contributed by atoms with van der Waals surface area (Å²) in [4.78, 5) is 37.0. The molecule has 0 bridgehead atoms. The number of carboxylic acids is 1. The molecule has 8 heteroatoms. The first-order chi connectivity index (χ1) is 13.8. The van der Waals surface area contributed by atoms with Gasteiger partial charge in [-0.15, -0.1) is 11.3 Å². The van der Waals surface area contributed by atoms with E-state index in [0.29, 0.717) is 17.8 Å². The number of nitrogens with one attached hydrogen (secondary N) is 2. The number of halogens is 1. The van der Waals surface area contributed by atoms with E-state index in [0.717, 1.165) is 22.5 Å². The number of carboxylic acid groups (broad SMARTS) is 1. The molecule has 0 saturated heterocycles. The van der Waals surface area contributed by atoms with E-state index < -0.39 is 35.4 Å². The molecule has 6 nitrogen and oxygen atoms in total. The van der Waals surface area contributed by atoms with Gasteiger partial charge in [0.1, 0.15) is 10.8 Å². The molecule has 152 valence electrons. The van der Waals surface area contributed by atoms with Crippen LogP contribution in [0.5, 0.6) is 0 Å². The fraction of sp³-hybridized carbons (Fsp3) is 0.286. The largest absolute Gasteiger partial charge is 0.481 e. The van der Waals surface area contributed by atoms with Crippen LogP contribution in [-0.4, -0.2) is 22.9 Å². The number of aliphatic carboxylic acids is 1. The molecule has 0 unspecified atom stereocenters. The van der Waals surface area contributed by atoms with Gasteiger partial charge in [0.05, 0.1) is 23.1 Å². The number of carbonyl (C=O) groups is 3. The second-order valence-electron chi connectivity index (χ2n) is 7.11. The van der Waals surface area contributed by atoms with Crippen LogP contribution >= 0.6 is 11.3 Å². The van der Waals surface area contributed by atoms with Crippen molar-refractivity contribution in [3.63, 3.8) is 0 Å². The summed E-state index contributed by atoms with van der Waals surface area (Å²) in [7, 11) is 0. The number of hydrogen-bond acceptors (Lipinski definition) is 4. The zero-order valence-corrected chi connectivity index (χ0v) is 16.8. The first kappa shape index (κ1) is 20.7. The zero-order chi connectivity index (χ0) is 21.1. The van der Waals surface area contributed by atoms with Crippen LogP contribution in [-0.2, 0) is 9.59 Å². The monoisotopic (exact) mass is 416 g/mol.